The molecule has 1 heterocycles. The zero-order chi connectivity index (χ0) is 18.2. The highest BCUT2D eigenvalue weighted by Gasteiger charge is 2.37. The van der Waals surface area contributed by atoms with E-state index < -0.39 is 0 Å². The van der Waals surface area contributed by atoms with Crippen molar-refractivity contribution in [3.05, 3.63) is 22.8 Å². The molecule has 1 atom stereocenters. The van der Waals surface area contributed by atoms with Crippen LogP contribution in [0.4, 0.5) is 0 Å². The molecule has 0 fully saturated rings. The van der Waals surface area contributed by atoms with Gasteiger partial charge in [0, 0.05) is 17.4 Å². The standard InChI is InChI=1S/C18H25ClN2O3/c1-5-18(6-2,12-13(8-7-11-20)17(22)24-4)14-9-10-15(19)21-16(14)23-3/h9-10,13H,5-8,12H2,1-4H3. The van der Waals surface area contributed by atoms with E-state index >= 15 is 0 Å². The molecule has 0 saturated carbocycles. The number of ether oxygens (including phenoxy) is 2. The predicted molar refractivity (Wildman–Crippen MR) is 93.0 cm³/mol. The van der Waals surface area contributed by atoms with Crippen molar-refractivity contribution in [2.45, 2.75) is 51.4 Å². The average molecular weight is 353 g/mol. The van der Waals surface area contributed by atoms with Crippen LogP contribution in [-0.4, -0.2) is 25.2 Å². The minimum absolute atomic E-state index is 0.280. The summed E-state index contributed by atoms with van der Waals surface area (Å²) in [7, 11) is 2.94. The van der Waals surface area contributed by atoms with Gasteiger partial charge in [0.1, 0.15) is 5.15 Å². The number of rotatable bonds is 9. The number of hydrogen-bond donors (Lipinski definition) is 0. The van der Waals surface area contributed by atoms with Crippen molar-refractivity contribution in [2.24, 2.45) is 5.92 Å². The minimum Gasteiger partial charge on any atom is -0.481 e. The lowest BCUT2D eigenvalue weighted by molar-refractivity contribution is -0.146. The molecule has 0 N–H and O–H groups in total. The smallest absolute Gasteiger partial charge is 0.308 e. The topological polar surface area (TPSA) is 72.2 Å². The van der Waals surface area contributed by atoms with Gasteiger partial charge in [-0.25, -0.2) is 4.98 Å². The molecule has 6 heteroatoms. The molecule has 0 aromatic carbocycles. The van der Waals surface area contributed by atoms with Crippen molar-refractivity contribution in [1.29, 1.82) is 5.26 Å². The Labute approximate surface area is 148 Å². The van der Waals surface area contributed by atoms with Gasteiger partial charge in [-0.2, -0.15) is 5.26 Å². The second-order valence-electron chi connectivity index (χ2n) is 5.80. The second-order valence-corrected chi connectivity index (χ2v) is 6.19. The molecule has 0 bridgehead atoms. The third-order valence-corrected chi connectivity index (χ3v) is 4.93. The molecule has 0 aliphatic carbocycles. The van der Waals surface area contributed by atoms with Crippen LogP contribution in [0.3, 0.4) is 0 Å². The molecular formula is C18H25ClN2O3. The highest BCUT2D eigenvalue weighted by molar-refractivity contribution is 6.29. The lowest BCUT2D eigenvalue weighted by Gasteiger charge is -2.35. The van der Waals surface area contributed by atoms with Gasteiger partial charge in [-0.05, 0) is 31.7 Å². The quantitative estimate of drug-likeness (QED) is 0.489. The molecule has 1 unspecified atom stereocenters. The van der Waals surface area contributed by atoms with Crippen molar-refractivity contribution >= 4 is 17.6 Å². The molecule has 1 aromatic heterocycles. The minimum atomic E-state index is -0.338. The number of methoxy groups -OCH3 is 2. The van der Waals surface area contributed by atoms with Gasteiger partial charge < -0.3 is 9.47 Å². The molecule has 1 rings (SSSR count). The van der Waals surface area contributed by atoms with E-state index in [0.717, 1.165) is 18.4 Å². The van der Waals surface area contributed by atoms with Crippen LogP contribution in [0.5, 0.6) is 5.88 Å². The van der Waals surface area contributed by atoms with E-state index in [0.29, 0.717) is 30.3 Å². The average Bonchev–Trinajstić information content (AvgIpc) is 2.62. The second kappa shape index (κ2) is 9.48. The maximum absolute atomic E-state index is 12.2. The van der Waals surface area contributed by atoms with Gasteiger partial charge in [-0.15, -0.1) is 0 Å². The Balaban J connectivity index is 3.28. The molecule has 0 aliphatic rings. The maximum Gasteiger partial charge on any atom is 0.308 e. The Hall–Kier alpha value is -1.80. The highest BCUT2D eigenvalue weighted by Crippen LogP contribution is 2.43. The van der Waals surface area contributed by atoms with E-state index in [4.69, 9.17) is 26.3 Å². The number of aromatic nitrogens is 1. The number of halogens is 1. The Bertz CT molecular complexity index is 594. The summed E-state index contributed by atoms with van der Waals surface area (Å²) in [5.41, 5.74) is 0.641. The summed E-state index contributed by atoms with van der Waals surface area (Å²) < 4.78 is 10.4. The molecule has 5 nitrogen and oxygen atoms in total. The van der Waals surface area contributed by atoms with E-state index in [1.165, 1.54) is 7.11 Å². The van der Waals surface area contributed by atoms with Crippen LogP contribution >= 0.6 is 11.6 Å². The van der Waals surface area contributed by atoms with Gasteiger partial charge in [0.05, 0.1) is 26.2 Å². The van der Waals surface area contributed by atoms with E-state index in [1.54, 1.807) is 13.2 Å². The normalized spacial score (nSPS) is 12.3. The lowest BCUT2D eigenvalue weighted by Crippen LogP contribution is -2.32. The summed E-state index contributed by atoms with van der Waals surface area (Å²) >= 11 is 5.98. The molecule has 1 aromatic rings. The monoisotopic (exact) mass is 352 g/mol. The largest absolute Gasteiger partial charge is 0.481 e. The fourth-order valence-electron chi connectivity index (χ4n) is 3.19. The van der Waals surface area contributed by atoms with Gasteiger partial charge in [-0.3, -0.25) is 4.79 Å². The van der Waals surface area contributed by atoms with E-state index in [2.05, 4.69) is 24.9 Å². The summed E-state index contributed by atoms with van der Waals surface area (Å²) in [6.45, 7) is 4.16. The van der Waals surface area contributed by atoms with E-state index in [-0.39, 0.29) is 17.3 Å². The summed E-state index contributed by atoms with van der Waals surface area (Å²) in [6, 6.07) is 5.76. The first-order valence-electron chi connectivity index (χ1n) is 8.13. The third-order valence-electron chi connectivity index (χ3n) is 4.72. The number of carbonyl (C=O) groups is 1. The summed E-state index contributed by atoms with van der Waals surface area (Å²) in [5, 5.41) is 9.23. The third kappa shape index (κ3) is 4.61. The molecule has 0 saturated heterocycles. The van der Waals surface area contributed by atoms with Crippen LogP contribution in [0, 0.1) is 17.2 Å². The summed E-state index contributed by atoms with van der Waals surface area (Å²) in [4.78, 5) is 16.4. The fourth-order valence-corrected chi connectivity index (χ4v) is 3.33. The van der Waals surface area contributed by atoms with Gasteiger partial charge in [0.2, 0.25) is 5.88 Å². The Kier molecular flexibility index (Phi) is 8.00. The number of esters is 1. The fraction of sp³-hybridized carbons (Fsp3) is 0.611. The number of nitriles is 1. The zero-order valence-corrected chi connectivity index (χ0v) is 15.5. The van der Waals surface area contributed by atoms with E-state index in [9.17, 15) is 4.79 Å². The number of nitrogens with zero attached hydrogens (tertiary/aromatic N) is 2. The van der Waals surface area contributed by atoms with Crippen LogP contribution in [0.2, 0.25) is 5.15 Å². The number of carbonyl (C=O) groups excluding carboxylic acids is 1. The van der Waals surface area contributed by atoms with Gasteiger partial charge in [0.25, 0.3) is 0 Å². The van der Waals surface area contributed by atoms with E-state index in [1.807, 2.05) is 6.07 Å². The molecule has 0 aliphatic heterocycles. The first kappa shape index (κ1) is 20.2. The molecule has 0 radical (unpaired) electrons. The molecule has 24 heavy (non-hydrogen) atoms. The van der Waals surface area contributed by atoms with Crippen molar-refractivity contribution in [3.63, 3.8) is 0 Å². The maximum atomic E-state index is 12.2. The van der Waals surface area contributed by atoms with Gasteiger partial charge in [0.15, 0.2) is 0 Å². The van der Waals surface area contributed by atoms with Crippen molar-refractivity contribution in [1.82, 2.24) is 4.98 Å². The number of pyridine rings is 1. The van der Waals surface area contributed by atoms with Crippen molar-refractivity contribution in [3.8, 4) is 11.9 Å². The highest BCUT2D eigenvalue weighted by atomic mass is 35.5. The van der Waals surface area contributed by atoms with Crippen molar-refractivity contribution in [2.75, 3.05) is 14.2 Å². The van der Waals surface area contributed by atoms with Crippen LogP contribution in [0.15, 0.2) is 12.1 Å². The first-order chi connectivity index (χ1) is 11.5. The molecular weight excluding hydrogens is 328 g/mol. The van der Waals surface area contributed by atoms with Crippen LogP contribution < -0.4 is 4.74 Å². The molecule has 0 amide bonds. The Morgan fingerprint density at radius 1 is 1.38 bits per heavy atom. The Morgan fingerprint density at radius 3 is 2.54 bits per heavy atom. The van der Waals surface area contributed by atoms with Gasteiger partial charge in [-0.1, -0.05) is 31.5 Å². The molecule has 0 spiro atoms. The van der Waals surface area contributed by atoms with Crippen LogP contribution in [0.1, 0.15) is 51.5 Å². The van der Waals surface area contributed by atoms with Crippen LogP contribution in [-0.2, 0) is 14.9 Å². The summed E-state index contributed by atoms with van der Waals surface area (Å²) in [6.07, 6.45) is 2.99. The Morgan fingerprint density at radius 2 is 2.04 bits per heavy atom. The number of hydrogen-bond acceptors (Lipinski definition) is 5. The van der Waals surface area contributed by atoms with Crippen LogP contribution in [0.25, 0.3) is 0 Å². The summed E-state index contributed by atoms with van der Waals surface area (Å²) in [5.74, 6) is -0.137. The predicted octanol–water partition coefficient (Wildman–Crippen LogP) is 4.28. The zero-order valence-electron chi connectivity index (χ0n) is 14.8. The SMILES string of the molecule is CCC(CC)(CC(CCC#N)C(=O)OC)c1ccc(Cl)nc1OC. The molecule has 132 valence electrons. The lowest BCUT2D eigenvalue weighted by atomic mass is 9.69. The van der Waals surface area contributed by atoms with Gasteiger partial charge >= 0.3 is 5.97 Å². The first-order valence-corrected chi connectivity index (χ1v) is 8.51. The van der Waals surface area contributed by atoms with Crippen molar-refractivity contribution < 1.29 is 14.3 Å².